The van der Waals surface area contributed by atoms with E-state index in [0.717, 1.165) is 0 Å². The number of hydrogen-bond acceptors (Lipinski definition) is 5. The van der Waals surface area contributed by atoms with Crippen molar-refractivity contribution in [3.8, 4) is 0 Å². The van der Waals surface area contributed by atoms with Crippen molar-refractivity contribution in [3.63, 3.8) is 0 Å². The van der Waals surface area contributed by atoms with Gasteiger partial charge in [0, 0.05) is 43.6 Å². The number of nitrogens with one attached hydrogen (secondary N) is 1. The highest BCUT2D eigenvalue weighted by Gasteiger charge is 2.42. The number of carbonyl (C=O) groups excluding carboxylic acids is 1. The van der Waals surface area contributed by atoms with E-state index in [1.807, 2.05) is 0 Å². The first-order valence-electron chi connectivity index (χ1n) is 9.97. The summed E-state index contributed by atoms with van der Waals surface area (Å²) in [6.45, 7) is 3.88. The van der Waals surface area contributed by atoms with Gasteiger partial charge in [-0.05, 0) is 12.8 Å². The zero-order valence-electron chi connectivity index (χ0n) is 16.9. The van der Waals surface area contributed by atoms with E-state index in [-0.39, 0.29) is 44.8 Å². The van der Waals surface area contributed by atoms with Gasteiger partial charge in [0.05, 0.1) is 30.3 Å². The Morgan fingerprint density at radius 3 is 2.25 bits per heavy atom. The SMILES string of the molecule is C=C(CCNC(=O)CO[C@H]1C[C@@H](OC(F)(F)F)C1)n1cnc(C2CC(OC(F)(F)F)C2)c1. The molecule has 0 radical (unpaired) electrons. The van der Waals surface area contributed by atoms with Gasteiger partial charge < -0.3 is 14.6 Å². The largest absolute Gasteiger partial charge is 0.522 e. The summed E-state index contributed by atoms with van der Waals surface area (Å²) in [6, 6.07) is 0. The number of hydrogen-bond donors (Lipinski definition) is 1. The number of imidazole rings is 1. The van der Waals surface area contributed by atoms with Crippen LogP contribution < -0.4 is 5.32 Å². The molecule has 180 valence electrons. The third-order valence-electron chi connectivity index (χ3n) is 5.32. The van der Waals surface area contributed by atoms with Crippen LogP contribution in [0.1, 0.15) is 43.7 Å². The summed E-state index contributed by atoms with van der Waals surface area (Å²) >= 11 is 0. The smallest absolute Gasteiger partial charge is 0.368 e. The van der Waals surface area contributed by atoms with Crippen molar-refractivity contribution in [2.45, 2.75) is 69.1 Å². The van der Waals surface area contributed by atoms with Crippen molar-refractivity contribution in [2.24, 2.45) is 0 Å². The van der Waals surface area contributed by atoms with Gasteiger partial charge in [0.1, 0.15) is 6.61 Å². The Morgan fingerprint density at radius 1 is 1.06 bits per heavy atom. The van der Waals surface area contributed by atoms with Crippen molar-refractivity contribution in [1.82, 2.24) is 14.9 Å². The molecule has 1 N–H and O–H groups in total. The topological polar surface area (TPSA) is 74.6 Å². The average Bonchev–Trinajstić information content (AvgIpc) is 3.07. The zero-order valence-corrected chi connectivity index (χ0v) is 16.9. The van der Waals surface area contributed by atoms with Crippen LogP contribution in [-0.4, -0.2) is 59.6 Å². The summed E-state index contributed by atoms with van der Waals surface area (Å²) < 4.78 is 87.4. The number of nitrogens with zero attached hydrogens (tertiary/aromatic N) is 2. The van der Waals surface area contributed by atoms with E-state index < -0.39 is 36.9 Å². The Kier molecular flexibility index (Phi) is 7.50. The van der Waals surface area contributed by atoms with Crippen molar-refractivity contribution in [3.05, 3.63) is 24.8 Å². The average molecular weight is 471 g/mol. The maximum absolute atomic E-state index is 12.2. The number of rotatable bonds is 10. The van der Waals surface area contributed by atoms with Crippen LogP contribution in [0.15, 0.2) is 19.1 Å². The number of carbonyl (C=O) groups is 1. The van der Waals surface area contributed by atoms with Crippen molar-refractivity contribution < 1.29 is 45.3 Å². The maximum Gasteiger partial charge on any atom is 0.522 e. The maximum atomic E-state index is 12.2. The highest BCUT2D eigenvalue weighted by Crippen LogP contribution is 2.40. The second-order valence-corrected chi connectivity index (χ2v) is 7.82. The van der Waals surface area contributed by atoms with Crippen LogP contribution in [0.5, 0.6) is 0 Å². The molecule has 0 aromatic carbocycles. The van der Waals surface area contributed by atoms with E-state index in [1.54, 1.807) is 10.8 Å². The molecule has 2 aliphatic rings. The first kappa shape index (κ1) is 24.5. The van der Waals surface area contributed by atoms with Gasteiger partial charge in [0.25, 0.3) is 0 Å². The summed E-state index contributed by atoms with van der Waals surface area (Å²) in [6.07, 6.45) is -7.32. The van der Waals surface area contributed by atoms with Gasteiger partial charge in [-0.25, -0.2) is 4.98 Å². The molecule has 0 spiro atoms. The predicted octanol–water partition coefficient (Wildman–Crippen LogP) is 3.73. The molecule has 13 heteroatoms. The molecule has 2 fully saturated rings. The van der Waals surface area contributed by atoms with Crippen LogP contribution in [0.2, 0.25) is 0 Å². The normalized spacial score (nSPS) is 25.7. The van der Waals surface area contributed by atoms with Gasteiger partial charge in [-0.3, -0.25) is 14.3 Å². The van der Waals surface area contributed by atoms with Gasteiger partial charge in [0.2, 0.25) is 5.91 Å². The predicted molar refractivity (Wildman–Crippen MR) is 98.0 cm³/mol. The van der Waals surface area contributed by atoms with E-state index in [9.17, 15) is 31.1 Å². The van der Waals surface area contributed by atoms with Crippen LogP contribution >= 0.6 is 0 Å². The minimum atomic E-state index is -4.67. The van der Waals surface area contributed by atoms with Crippen molar-refractivity contribution in [1.29, 1.82) is 0 Å². The molecule has 0 atom stereocenters. The van der Waals surface area contributed by atoms with E-state index in [2.05, 4.69) is 26.4 Å². The number of alkyl halides is 6. The van der Waals surface area contributed by atoms with Crippen LogP contribution in [-0.2, 0) is 19.0 Å². The van der Waals surface area contributed by atoms with Crippen molar-refractivity contribution >= 4 is 11.6 Å². The summed E-state index contributed by atoms with van der Waals surface area (Å²) in [4.78, 5) is 16.0. The Balaban J connectivity index is 1.28. The van der Waals surface area contributed by atoms with E-state index in [1.165, 1.54) is 6.33 Å². The summed E-state index contributed by atoms with van der Waals surface area (Å²) in [7, 11) is 0. The molecule has 0 saturated heterocycles. The van der Waals surface area contributed by atoms with Crippen LogP contribution in [0, 0.1) is 0 Å². The van der Waals surface area contributed by atoms with E-state index in [0.29, 0.717) is 17.8 Å². The molecule has 1 aromatic heterocycles. The molecule has 3 rings (SSSR count). The Morgan fingerprint density at radius 2 is 1.66 bits per heavy atom. The molecule has 32 heavy (non-hydrogen) atoms. The summed E-state index contributed by atoms with van der Waals surface area (Å²) in [5.74, 6) is -0.518. The third kappa shape index (κ3) is 7.48. The van der Waals surface area contributed by atoms with Crippen LogP contribution in [0.25, 0.3) is 5.70 Å². The molecule has 1 aromatic rings. The van der Waals surface area contributed by atoms with Crippen LogP contribution in [0.3, 0.4) is 0 Å². The van der Waals surface area contributed by atoms with Crippen molar-refractivity contribution in [2.75, 3.05) is 13.2 Å². The van der Waals surface area contributed by atoms with Gasteiger partial charge in [-0.15, -0.1) is 26.3 Å². The first-order valence-corrected chi connectivity index (χ1v) is 9.97. The molecule has 0 aliphatic heterocycles. The fourth-order valence-corrected chi connectivity index (χ4v) is 3.47. The second kappa shape index (κ2) is 9.79. The Bertz CT molecular complexity index is 798. The highest BCUT2D eigenvalue weighted by molar-refractivity contribution is 5.77. The Hall–Kier alpha value is -2.12. The molecule has 1 heterocycles. The molecular weight excluding hydrogens is 448 g/mol. The number of halogens is 6. The highest BCUT2D eigenvalue weighted by atomic mass is 19.4. The zero-order chi connectivity index (χ0) is 23.5. The molecule has 0 bridgehead atoms. The monoisotopic (exact) mass is 471 g/mol. The third-order valence-corrected chi connectivity index (χ3v) is 5.32. The lowest BCUT2D eigenvalue weighted by Gasteiger charge is -2.34. The fourth-order valence-electron chi connectivity index (χ4n) is 3.47. The molecule has 2 aliphatic carbocycles. The van der Waals surface area contributed by atoms with Gasteiger partial charge in [-0.2, -0.15) is 0 Å². The number of amides is 1. The van der Waals surface area contributed by atoms with Gasteiger partial charge in [-0.1, -0.05) is 6.58 Å². The molecular formula is C19H23F6N3O4. The number of aromatic nitrogens is 2. The standard InChI is InChI=1S/C19H23F6N3O4/c1-11(28-8-16(27-10-28)12-4-14(5-12)31-18(20,21)22)2-3-26-17(29)9-30-13-6-15(7-13)32-19(23,24)25/h8,10,12-15H,1-7,9H2,(H,26,29)/t12?,13-,14?,15+. The Labute approximate surface area is 179 Å². The second-order valence-electron chi connectivity index (χ2n) is 7.82. The fraction of sp³-hybridized carbons (Fsp3) is 0.684. The lowest BCUT2D eigenvalue weighted by Crippen LogP contribution is -2.42. The van der Waals surface area contributed by atoms with Crippen LogP contribution in [0.4, 0.5) is 26.3 Å². The summed E-state index contributed by atoms with van der Waals surface area (Å²) in [5.41, 5.74) is 1.28. The molecule has 7 nitrogen and oxygen atoms in total. The van der Waals surface area contributed by atoms with Gasteiger partial charge >= 0.3 is 12.7 Å². The lowest BCUT2D eigenvalue weighted by molar-refractivity contribution is -0.357. The number of ether oxygens (including phenoxy) is 3. The lowest BCUT2D eigenvalue weighted by atomic mass is 9.80. The quantitative estimate of drug-likeness (QED) is 0.527. The van der Waals surface area contributed by atoms with Gasteiger partial charge in [0.15, 0.2) is 0 Å². The minimum Gasteiger partial charge on any atom is -0.368 e. The summed E-state index contributed by atoms with van der Waals surface area (Å²) in [5, 5.41) is 2.62. The first-order chi connectivity index (χ1) is 14.9. The van der Waals surface area contributed by atoms with E-state index >= 15 is 0 Å². The minimum absolute atomic E-state index is 0.0800. The molecule has 2 saturated carbocycles. The molecule has 0 unspecified atom stereocenters. The van der Waals surface area contributed by atoms with E-state index in [4.69, 9.17) is 4.74 Å². The molecule has 1 amide bonds.